The first-order valence-corrected chi connectivity index (χ1v) is 4.92. The van der Waals surface area contributed by atoms with E-state index in [0.717, 1.165) is 0 Å². The predicted octanol–water partition coefficient (Wildman–Crippen LogP) is -1.56. The summed E-state index contributed by atoms with van der Waals surface area (Å²) in [6.45, 7) is 4.33. The Morgan fingerprint density at radius 3 is 1.58 bits per heavy atom. The number of carbonyl (C=O) groups excluding carboxylic acids is 1. The molecule has 8 heteroatoms. The van der Waals surface area contributed by atoms with E-state index >= 15 is 0 Å². The predicted molar refractivity (Wildman–Crippen MR) is 42.3 cm³/mol. The van der Waals surface area contributed by atoms with Crippen molar-refractivity contribution in [3.05, 3.63) is 12.2 Å². The molecule has 0 heterocycles. The Labute approximate surface area is 72.7 Å². The van der Waals surface area contributed by atoms with Crippen molar-refractivity contribution in [1.29, 1.82) is 0 Å². The first kappa shape index (κ1) is 11.1. The fraction of sp³-hybridized carbons (Fsp3) is 0.250. The van der Waals surface area contributed by atoms with Crippen molar-refractivity contribution in [3.63, 3.8) is 0 Å². The highest BCUT2D eigenvalue weighted by atomic mass is 32.2. The van der Waals surface area contributed by atoms with Gasteiger partial charge in [0.15, 0.2) is 0 Å². The number of thiol groups is 2. The molecule has 0 saturated heterocycles. The van der Waals surface area contributed by atoms with Crippen molar-refractivity contribution >= 4 is 27.7 Å². The molecule has 0 unspecified atom stereocenters. The van der Waals surface area contributed by atoms with Gasteiger partial charge in [-0.3, -0.25) is 4.79 Å². The van der Waals surface area contributed by atoms with E-state index in [4.69, 9.17) is 0 Å². The third-order valence-corrected chi connectivity index (χ3v) is 2.71. The molecule has 0 aromatic rings. The molecule has 70 valence electrons. The molecule has 12 heavy (non-hydrogen) atoms. The third-order valence-electron chi connectivity index (χ3n) is 0.856. The lowest BCUT2D eigenvalue weighted by Gasteiger charge is -2.05. The first-order chi connectivity index (χ1) is 5.37. The Morgan fingerprint density at radius 1 is 1.17 bits per heavy atom. The zero-order valence-corrected chi connectivity index (χ0v) is 7.88. The molecule has 0 spiro atoms. The van der Waals surface area contributed by atoms with Crippen LogP contribution in [-0.4, -0.2) is 26.5 Å². The lowest BCUT2D eigenvalue weighted by atomic mass is 10.3. The molecule has 0 aromatic carbocycles. The summed E-state index contributed by atoms with van der Waals surface area (Å²) in [7, 11) is -6.90. The van der Waals surface area contributed by atoms with Crippen LogP contribution in [0.5, 0.6) is 0 Å². The summed E-state index contributed by atoms with van der Waals surface area (Å²) in [6.07, 6.45) is 0. The first-order valence-electron chi connectivity index (χ1n) is 2.66. The second-order valence-electron chi connectivity index (χ2n) is 1.85. The van der Waals surface area contributed by atoms with Gasteiger partial charge in [0.05, 0.1) is 0 Å². The van der Waals surface area contributed by atoms with Gasteiger partial charge in [-0.25, -0.2) is 16.8 Å². The maximum absolute atomic E-state index is 10.8. The minimum absolute atomic E-state index is 0.159. The van der Waals surface area contributed by atoms with E-state index in [1.807, 2.05) is 0 Å². The average Bonchev–Trinajstić information content (AvgIpc) is 1.85. The molecule has 0 fully saturated rings. The Kier molecular flexibility index (Phi) is 3.90. The van der Waals surface area contributed by atoms with E-state index in [-0.39, 0.29) is 9.28 Å². The molecule has 0 aliphatic heterocycles. The van der Waals surface area contributed by atoms with Crippen LogP contribution >= 0.6 is 0 Å². The molecule has 0 saturated carbocycles. The van der Waals surface area contributed by atoms with E-state index in [1.54, 1.807) is 0 Å². The van der Waals surface area contributed by atoms with Gasteiger partial charge in [-0.05, 0) is 6.92 Å². The Bertz CT molecular complexity index is 314. The van der Waals surface area contributed by atoms with E-state index in [0.29, 0.717) is 0 Å². The van der Waals surface area contributed by atoms with E-state index in [1.165, 1.54) is 6.92 Å². The van der Waals surface area contributed by atoms with Gasteiger partial charge in [-0.2, -0.15) is 0 Å². The van der Waals surface area contributed by atoms with Crippen molar-refractivity contribution in [1.82, 2.24) is 3.71 Å². The van der Waals surface area contributed by atoms with Crippen molar-refractivity contribution in [2.24, 2.45) is 0 Å². The van der Waals surface area contributed by atoms with Gasteiger partial charge in [0.25, 0.3) is 5.91 Å². The maximum atomic E-state index is 10.8. The second kappa shape index (κ2) is 4.21. The topological polar surface area (TPSA) is 88.6 Å². The van der Waals surface area contributed by atoms with Crippen LogP contribution in [0.1, 0.15) is 6.92 Å². The molecule has 0 radical (unpaired) electrons. The monoisotopic (exact) mass is 213 g/mol. The molecule has 0 bridgehead atoms. The highest BCUT2D eigenvalue weighted by Crippen LogP contribution is 1.98. The maximum Gasteiger partial charge on any atom is 0.276 e. The molecule has 0 aliphatic carbocycles. The van der Waals surface area contributed by atoms with Crippen LogP contribution in [0, 0.1) is 0 Å². The fourth-order valence-corrected chi connectivity index (χ4v) is 1.49. The molecule has 1 amide bonds. The number of hydrogen-bond acceptors (Lipinski definition) is 5. The van der Waals surface area contributed by atoms with Crippen LogP contribution in [0.2, 0.25) is 0 Å². The summed E-state index contributed by atoms with van der Waals surface area (Å²) >= 11 is 0. The van der Waals surface area contributed by atoms with Gasteiger partial charge in [0.1, 0.15) is 0 Å². The minimum Gasteiger partial charge on any atom is -0.267 e. The SMILES string of the molecule is C=C(C)C(=O)N([SH](=O)=O)[SH](=O)=O. The zero-order valence-electron chi connectivity index (χ0n) is 6.09. The summed E-state index contributed by atoms with van der Waals surface area (Å²) < 4.78 is 40.6. The van der Waals surface area contributed by atoms with E-state index < -0.39 is 27.7 Å². The third kappa shape index (κ3) is 2.62. The quantitative estimate of drug-likeness (QED) is 0.437. The summed E-state index contributed by atoms with van der Waals surface area (Å²) in [5.74, 6) is -1.14. The van der Waals surface area contributed by atoms with Crippen LogP contribution in [0.15, 0.2) is 12.2 Å². The van der Waals surface area contributed by atoms with Gasteiger partial charge in [-0.1, -0.05) is 6.58 Å². The Hall–Kier alpha value is -0.890. The van der Waals surface area contributed by atoms with Gasteiger partial charge >= 0.3 is 0 Å². The molecule has 0 N–H and O–H groups in total. The molecule has 0 rings (SSSR count). The Morgan fingerprint density at radius 2 is 1.50 bits per heavy atom. The zero-order chi connectivity index (χ0) is 9.89. The smallest absolute Gasteiger partial charge is 0.267 e. The Balaban J connectivity index is 5.03. The van der Waals surface area contributed by atoms with Crippen LogP contribution in [-0.2, 0) is 26.6 Å². The summed E-state index contributed by atoms with van der Waals surface area (Å²) in [4.78, 5) is 10.8. The van der Waals surface area contributed by atoms with Crippen molar-refractivity contribution < 1.29 is 21.6 Å². The minimum atomic E-state index is -3.45. The highest BCUT2D eigenvalue weighted by molar-refractivity contribution is 7.86. The molecule has 0 aliphatic rings. The van der Waals surface area contributed by atoms with Gasteiger partial charge in [0, 0.05) is 5.57 Å². The van der Waals surface area contributed by atoms with Crippen molar-refractivity contribution in [3.8, 4) is 0 Å². The largest absolute Gasteiger partial charge is 0.276 e. The van der Waals surface area contributed by atoms with Crippen molar-refractivity contribution in [2.45, 2.75) is 6.92 Å². The van der Waals surface area contributed by atoms with E-state index in [9.17, 15) is 21.6 Å². The fourth-order valence-electron chi connectivity index (χ4n) is 0.379. The van der Waals surface area contributed by atoms with Gasteiger partial charge < -0.3 is 0 Å². The van der Waals surface area contributed by atoms with Crippen LogP contribution < -0.4 is 0 Å². The summed E-state index contributed by atoms with van der Waals surface area (Å²) in [5, 5.41) is 0. The summed E-state index contributed by atoms with van der Waals surface area (Å²) in [6, 6.07) is 0. The standard InChI is InChI=1S/C4H7NO5S2/c1-3(2)4(6)5(11(7)8)12(9)10/h11-12H,1H2,2H3. The van der Waals surface area contributed by atoms with Crippen molar-refractivity contribution in [2.75, 3.05) is 0 Å². The van der Waals surface area contributed by atoms with E-state index in [2.05, 4.69) is 6.58 Å². The number of carbonyl (C=O) groups is 1. The molecular formula is C4H7NO5S2. The average molecular weight is 213 g/mol. The lowest BCUT2D eigenvalue weighted by Crippen LogP contribution is -2.28. The number of hydrogen-bond donors (Lipinski definition) is 2. The number of rotatable bonds is 3. The second-order valence-corrected chi connectivity index (χ2v) is 3.92. The normalized spacial score (nSPS) is 10.2. The summed E-state index contributed by atoms with van der Waals surface area (Å²) in [5.41, 5.74) is -0.159. The van der Waals surface area contributed by atoms with Gasteiger partial charge in [-0.15, -0.1) is 3.71 Å². The van der Waals surface area contributed by atoms with Gasteiger partial charge in [0.2, 0.25) is 21.8 Å². The molecule has 0 aromatic heterocycles. The number of nitrogens with zero attached hydrogens (tertiary/aromatic N) is 1. The lowest BCUT2D eigenvalue weighted by molar-refractivity contribution is -0.119. The van der Waals surface area contributed by atoms with Crippen LogP contribution in [0.4, 0.5) is 0 Å². The number of amides is 1. The van der Waals surface area contributed by atoms with Crippen LogP contribution in [0.25, 0.3) is 0 Å². The van der Waals surface area contributed by atoms with Crippen LogP contribution in [0.3, 0.4) is 0 Å². The molecular weight excluding hydrogens is 206 g/mol. The highest BCUT2D eigenvalue weighted by Gasteiger charge is 2.18. The molecule has 0 atom stereocenters. The molecule has 6 nitrogen and oxygen atoms in total.